The second-order valence-electron chi connectivity index (χ2n) is 7.40. The van der Waals surface area contributed by atoms with Crippen LogP contribution in [0, 0.1) is 0 Å². The molecule has 0 bridgehead atoms. The van der Waals surface area contributed by atoms with Crippen LogP contribution < -0.4 is 0 Å². The predicted molar refractivity (Wildman–Crippen MR) is 111 cm³/mol. The molecule has 0 aliphatic carbocycles. The molecule has 1 aliphatic heterocycles. The number of carbonyl (C=O) groups is 1. The highest BCUT2D eigenvalue weighted by molar-refractivity contribution is 5.84. The molecule has 142 valence electrons. The van der Waals surface area contributed by atoms with Gasteiger partial charge in [-0.25, -0.2) is 0 Å². The Morgan fingerprint density at radius 2 is 1.61 bits per heavy atom. The van der Waals surface area contributed by atoms with E-state index in [1.165, 1.54) is 16.7 Å². The van der Waals surface area contributed by atoms with Crippen molar-refractivity contribution in [3.63, 3.8) is 0 Å². The normalized spacial score (nSPS) is 16.7. The molecule has 1 aromatic heterocycles. The molecular weight excluding hydrogens is 346 g/mol. The Morgan fingerprint density at radius 1 is 0.929 bits per heavy atom. The second kappa shape index (κ2) is 8.36. The molecule has 0 saturated carbocycles. The molecule has 3 aromatic rings. The van der Waals surface area contributed by atoms with E-state index >= 15 is 0 Å². The number of likely N-dealkylation sites (tertiary alicyclic amines) is 1. The number of hydrogen-bond acceptors (Lipinski definition) is 3. The van der Waals surface area contributed by atoms with E-state index in [-0.39, 0.29) is 11.9 Å². The molecule has 2 aromatic carbocycles. The number of likely N-dealkylation sites (N-methyl/N-ethyl adjacent to an activating group) is 1. The van der Waals surface area contributed by atoms with E-state index in [0.717, 1.165) is 25.1 Å². The third-order valence-electron chi connectivity index (χ3n) is 5.42. The largest absolute Gasteiger partial charge is 0.337 e. The van der Waals surface area contributed by atoms with Crippen LogP contribution >= 0.6 is 0 Å². The van der Waals surface area contributed by atoms with Crippen LogP contribution in [0.2, 0.25) is 0 Å². The highest BCUT2D eigenvalue weighted by Crippen LogP contribution is 2.22. The quantitative estimate of drug-likeness (QED) is 0.658. The summed E-state index contributed by atoms with van der Waals surface area (Å²) in [5, 5.41) is 0. The minimum atomic E-state index is -0.0383. The van der Waals surface area contributed by atoms with E-state index in [2.05, 4.69) is 46.3 Å². The van der Waals surface area contributed by atoms with E-state index in [9.17, 15) is 4.79 Å². The lowest BCUT2D eigenvalue weighted by molar-refractivity contribution is -0.132. The second-order valence-corrected chi connectivity index (χ2v) is 7.40. The first-order valence-corrected chi connectivity index (χ1v) is 9.73. The van der Waals surface area contributed by atoms with Gasteiger partial charge >= 0.3 is 0 Å². The third kappa shape index (κ3) is 4.12. The first-order valence-electron chi connectivity index (χ1n) is 9.73. The van der Waals surface area contributed by atoms with Gasteiger partial charge in [0, 0.05) is 32.0 Å². The number of nitrogens with zero attached hydrogens (tertiary/aromatic N) is 3. The number of pyridine rings is 1. The number of amides is 1. The van der Waals surface area contributed by atoms with E-state index in [0.29, 0.717) is 6.54 Å². The zero-order valence-corrected chi connectivity index (χ0v) is 16.2. The number of carbonyl (C=O) groups excluding carboxylic acids is 1. The molecule has 4 rings (SSSR count). The number of benzene rings is 2. The van der Waals surface area contributed by atoms with Crippen LogP contribution in [-0.4, -0.2) is 40.3 Å². The van der Waals surface area contributed by atoms with Crippen LogP contribution in [0.15, 0.2) is 79.1 Å². The Morgan fingerprint density at radius 3 is 2.32 bits per heavy atom. The van der Waals surface area contributed by atoms with Crippen molar-refractivity contribution in [1.29, 1.82) is 0 Å². The van der Waals surface area contributed by atoms with Gasteiger partial charge in [0.1, 0.15) is 0 Å². The molecule has 28 heavy (non-hydrogen) atoms. The molecule has 4 heteroatoms. The minimum Gasteiger partial charge on any atom is -0.337 e. The lowest BCUT2D eigenvalue weighted by Crippen LogP contribution is -2.39. The fourth-order valence-corrected chi connectivity index (χ4v) is 3.84. The van der Waals surface area contributed by atoms with Crippen LogP contribution in [0.3, 0.4) is 0 Å². The predicted octanol–water partition coefficient (Wildman–Crippen LogP) is 3.98. The SMILES string of the molecule is CN(Cc1ccc(-c2ccncc2)cc1)C1CCN(Cc2ccccc2)C1=O. The van der Waals surface area contributed by atoms with Crippen molar-refractivity contribution in [2.45, 2.75) is 25.6 Å². The Balaban J connectivity index is 1.37. The smallest absolute Gasteiger partial charge is 0.240 e. The maximum atomic E-state index is 12.9. The summed E-state index contributed by atoms with van der Waals surface area (Å²) in [4.78, 5) is 21.1. The van der Waals surface area contributed by atoms with Crippen molar-refractivity contribution in [1.82, 2.24) is 14.8 Å². The summed E-state index contributed by atoms with van der Waals surface area (Å²) in [5.41, 5.74) is 4.75. The van der Waals surface area contributed by atoms with Gasteiger partial charge in [-0.05, 0) is 47.9 Å². The van der Waals surface area contributed by atoms with Crippen LogP contribution in [0.5, 0.6) is 0 Å². The summed E-state index contributed by atoms with van der Waals surface area (Å²) in [6.07, 6.45) is 4.51. The molecule has 0 spiro atoms. The summed E-state index contributed by atoms with van der Waals surface area (Å²) < 4.78 is 0. The van der Waals surface area contributed by atoms with E-state index in [4.69, 9.17) is 0 Å². The van der Waals surface area contributed by atoms with Gasteiger partial charge in [-0.1, -0.05) is 54.6 Å². The summed E-state index contributed by atoms with van der Waals surface area (Å²) in [6.45, 7) is 2.29. The topological polar surface area (TPSA) is 36.4 Å². The lowest BCUT2D eigenvalue weighted by Gasteiger charge is -2.24. The van der Waals surface area contributed by atoms with Crippen molar-refractivity contribution in [3.05, 3.63) is 90.3 Å². The maximum absolute atomic E-state index is 12.9. The molecular formula is C24H25N3O. The fraction of sp³-hybridized carbons (Fsp3) is 0.250. The van der Waals surface area contributed by atoms with E-state index in [1.54, 1.807) is 0 Å². The van der Waals surface area contributed by atoms with Crippen LogP contribution in [0.1, 0.15) is 17.5 Å². The summed E-state index contributed by atoms with van der Waals surface area (Å²) >= 11 is 0. The Hall–Kier alpha value is -2.98. The van der Waals surface area contributed by atoms with Gasteiger partial charge in [-0.3, -0.25) is 14.7 Å². The van der Waals surface area contributed by atoms with Crippen molar-refractivity contribution in [2.75, 3.05) is 13.6 Å². The van der Waals surface area contributed by atoms with Gasteiger partial charge in [0.15, 0.2) is 0 Å². The number of rotatable bonds is 6. The van der Waals surface area contributed by atoms with Gasteiger partial charge in [-0.15, -0.1) is 0 Å². The van der Waals surface area contributed by atoms with Gasteiger partial charge in [0.2, 0.25) is 5.91 Å². The van der Waals surface area contributed by atoms with Gasteiger partial charge in [-0.2, -0.15) is 0 Å². The highest BCUT2D eigenvalue weighted by Gasteiger charge is 2.34. The molecule has 4 nitrogen and oxygen atoms in total. The van der Waals surface area contributed by atoms with Crippen molar-refractivity contribution in [3.8, 4) is 11.1 Å². The number of aromatic nitrogens is 1. The first kappa shape index (κ1) is 18.4. The van der Waals surface area contributed by atoms with Gasteiger partial charge in [0.25, 0.3) is 0 Å². The zero-order chi connectivity index (χ0) is 19.3. The Bertz CT molecular complexity index is 910. The third-order valence-corrected chi connectivity index (χ3v) is 5.42. The van der Waals surface area contributed by atoms with Crippen molar-refractivity contribution < 1.29 is 4.79 Å². The first-order chi connectivity index (χ1) is 13.7. The van der Waals surface area contributed by atoms with Crippen LogP contribution in [-0.2, 0) is 17.9 Å². The Labute approximate surface area is 166 Å². The summed E-state index contributed by atoms with van der Waals surface area (Å²) in [6, 6.07) is 22.8. The summed E-state index contributed by atoms with van der Waals surface area (Å²) in [7, 11) is 2.05. The molecule has 1 unspecified atom stereocenters. The van der Waals surface area contributed by atoms with E-state index < -0.39 is 0 Å². The highest BCUT2D eigenvalue weighted by atomic mass is 16.2. The standard InChI is InChI=1S/C24H25N3O/c1-26(17-20-7-9-21(10-8-20)22-11-14-25-15-12-22)23-13-16-27(24(23)28)18-19-5-3-2-4-6-19/h2-12,14-15,23H,13,16-18H2,1H3. The number of hydrogen-bond donors (Lipinski definition) is 0. The molecule has 1 amide bonds. The zero-order valence-electron chi connectivity index (χ0n) is 16.2. The summed E-state index contributed by atoms with van der Waals surface area (Å²) in [5.74, 6) is 0.236. The van der Waals surface area contributed by atoms with Gasteiger partial charge in [0.05, 0.1) is 6.04 Å². The van der Waals surface area contributed by atoms with Gasteiger partial charge < -0.3 is 4.90 Å². The fourth-order valence-electron chi connectivity index (χ4n) is 3.84. The molecule has 0 N–H and O–H groups in total. The van der Waals surface area contributed by atoms with Crippen LogP contribution in [0.4, 0.5) is 0 Å². The minimum absolute atomic E-state index is 0.0383. The lowest BCUT2D eigenvalue weighted by atomic mass is 10.0. The van der Waals surface area contributed by atoms with Crippen molar-refractivity contribution >= 4 is 5.91 Å². The average Bonchev–Trinajstić information content (AvgIpc) is 3.10. The molecule has 2 heterocycles. The van der Waals surface area contributed by atoms with Crippen LogP contribution in [0.25, 0.3) is 11.1 Å². The molecule has 1 atom stereocenters. The monoisotopic (exact) mass is 371 g/mol. The van der Waals surface area contributed by atoms with Crippen molar-refractivity contribution in [2.24, 2.45) is 0 Å². The maximum Gasteiger partial charge on any atom is 0.240 e. The molecule has 0 radical (unpaired) electrons. The molecule has 1 saturated heterocycles. The van der Waals surface area contributed by atoms with E-state index in [1.807, 2.05) is 54.7 Å². The molecule has 1 fully saturated rings. The molecule has 1 aliphatic rings. The average molecular weight is 371 g/mol. The Kier molecular flexibility index (Phi) is 5.49.